The van der Waals surface area contributed by atoms with Crippen molar-refractivity contribution in [3.05, 3.63) is 17.2 Å². The number of benzene rings is 1. The Balaban J connectivity index is 2.40. The van der Waals surface area contributed by atoms with Crippen LogP contribution < -0.4 is 14.4 Å². The molecule has 104 valence electrons. The van der Waals surface area contributed by atoms with Crippen molar-refractivity contribution >= 4 is 34.8 Å². The van der Waals surface area contributed by atoms with Gasteiger partial charge in [-0.15, -0.1) is 11.6 Å². The van der Waals surface area contributed by atoms with Gasteiger partial charge in [-0.1, -0.05) is 11.6 Å². The lowest BCUT2D eigenvalue weighted by atomic mass is 10.1. The van der Waals surface area contributed by atoms with Crippen LogP contribution in [0.1, 0.15) is 6.42 Å². The zero-order chi connectivity index (χ0) is 14.0. The maximum Gasteiger partial charge on any atom is 0.227 e. The Morgan fingerprint density at radius 2 is 2.00 bits per heavy atom. The standard InChI is InChI=1S/C13H15Cl2NO3/c1-18-11-5-10(12(19-2)4-9(11)15)16-7-8(6-14)3-13(16)17/h4-5,8H,3,6-7H2,1-2H3. The summed E-state index contributed by atoms with van der Waals surface area (Å²) in [6, 6.07) is 3.37. The van der Waals surface area contributed by atoms with Crippen molar-refractivity contribution < 1.29 is 14.3 Å². The second-order valence-electron chi connectivity index (χ2n) is 4.39. The fraction of sp³-hybridized carbons (Fsp3) is 0.462. The van der Waals surface area contributed by atoms with Crippen molar-refractivity contribution in [2.45, 2.75) is 6.42 Å². The van der Waals surface area contributed by atoms with Gasteiger partial charge in [0.1, 0.15) is 11.5 Å². The number of rotatable bonds is 4. The summed E-state index contributed by atoms with van der Waals surface area (Å²) in [5.41, 5.74) is 0.668. The van der Waals surface area contributed by atoms with E-state index in [9.17, 15) is 4.79 Å². The van der Waals surface area contributed by atoms with Gasteiger partial charge in [0, 0.05) is 31.0 Å². The van der Waals surface area contributed by atoms with Crippen LogP contribution in [0.3, 0.4) is 0 Å². The number of ether oxygens (including phenoxy) is 2. The minimum Gasteiger partial charge on any atom is -0.495 e. The molecule has 1 amide bonds. The topological polar surface area (TPSA) is 38.8 Å². The molecule has 1 unspecified atom stereocenters. The number of anilines is 1. The zero-order valence-corrected chi connectivity index (χ0v) is 12.3. The molecule has 1 aromatic carbocycles. The van der Waals surface area contributed by atoms with Crippen LogP contribution in [0.4, 0.5) is 5.69 Å². The Hall–Kier alpha value is -1.13. The second kappa shape index (κ2) is 5.88. The van der Waals surface area contributed by atoms with Gasteiger partial charge in [0.05, 0.1) is 24.9 Å². The number of amides is 1. The van der Waals surface area contributed by atoms with Crippen molar-refractivity contribution in [1.29, 1.82) is 0 Å². The summed E-state index contributed by atoms with van der Waals surface area (Å²) in [5.74, 6) is 1.73. The predicted molar refractivity (Wildman–Crippen MR) is 75.7 cm³/mol. The number of hydrogen-bond acceptors (Lipinski definition) is 3. The van der Waals surface area contributed by atoms with Gasteiger partial charge in [0.15, 0.2) is 0 Å². The molecule has 0 aliphatic carbocycles. The van der Waals surface area contributed by atoms with Crippen LogP contribution in [0.25, 0.3) is 0 Å². The summed E-state index contributed by atoms with van der Waals surface area (Å²) in [4.78, 5) is 13.7. The SMILES string of the molecule is COc1cc(N2CC(CCl)CC2=O)c(OC)cc1Cl. The van der Waals surface area contributed by atoms with E-state index in [-0.39, 0.29) is 11.8 Å². The first-order valence-electron chi connectivity index (χ1n) is 5.88. The van der Waals surface area contributed by atoms with Gasteiger partial charge in [-0.25, -0.2) is 0 Å². The average Bonchev–Trinajstić information content (AvgIpc) is 2.79. The predicted octanol–water partition coefficient (Wildman–Crippen LogP) is 2.95. The Kier molecular flexibility index (Phi) is 4.42. The zero-order valence-electron chi connectivity index (χ0n) is 10.8. The Morgan fingerprint density at radius 3 is 2.53 bits per heavy atom. The summed E-state index contributed by atoms with van der Waals surface area (Å²) in [7, 11) is 3.08. The number of halogens is 2. The lowest BCUT2D eigenvalue weighted by Gasteiger charge is -2.20. The van der Waals surface area contributed by atoms with Crippen molar-refractivity contribution in [3.8, 4) is 11.5 Å². The van der Waals surface area contributed by atoms with Crippen LogP contribution >= 0.6 is 23.2 Å². The number of nitrogens with zero attached hydrogens (tertiary/aromatic N) is 1. The fourth-order valence-electron chi connectivity index (χ4n) is 2.17. The highest BCUT2D eigenvalue weighted by Crippen LogP contribution is 2.40. The third-order valence-electron chi connectivity index (χ3n) is 3.17. The molecule has 1 atom stereocenters. The van der Waals surface area contributed by atoms with Crippen molar-refractivity contribution in [2.24, 2.45) is 5.92 Å². The molecule has 0 bridgehead atoms. The molecule has 1 aliphatic heterocycles. The number of hydrogen-bond donors (Lipinski definition) is 0. The Morgan fingerprint density at radius 1 is 1.32 bits per heavy atom. The average molecular weight is 304 g/mol. The highest BCUT2D eigenvalue weighted by atomic mass is 35.5. The molecule has 1 fully saturated rings. The molecule has 19 heavy (non-hydrogen) atoms. The smallest absolute Gasteiger partial charge is 0.227 e. The molecule has 0 radical (unpaired) electrons. The molecule has 2 rings (SSSR count). The van der Waals surface area contributed by atoms with Crippen LogP contribution in [0.5, 0.6) is 11.5 Å². The van der Waals surface area contributed by atoms with Crippen molar-refractivity contribution in [3.63, 3.8) is 0 Å². The second-order valence-corrected chi connectivity index (χ2v) is 5.10. The van der Waals surface area contributed by atoms with Crippen molar-refractivity contribution in [2.75, 3.05) is 31.5 Å². The van der Waals surface area contributed by atoms with Gasteiger partial charge in [-0.3, -0.25) is 4.79 Å². The molecule has 1 aliphatic rings. The normalized spacial score (nSPS) is 18.8. The molecule has 4 nitrogen and oxygen atoms in total. The highest BCUT2D eigenvalue weighted by Gasteiger charge is 2.32. The number of carbonyl (C=O) groups excluding carboxylic acids is 1. The maximum absolute atomic E-state index is 12.0. The van der Waals surface area contributed by atoms with Crippen LogP contribution in [-0.2, 0) is 4.79 Å². The minimum atomic E-state index is 0.0355. The summed E-state index contributed by atoms with van der Waals surface area (Å²) >= 11 is 11.9. The molecule has 0 aromatic heterocycles. The number of alkyl halides is 1. The minimum absolute atomic E-state index is 0.0355. The van der Waals surface area contributed by atoms with Gasteiger partial charge >= 0.3 is 0 Å². The lowest BCUT2D eigenvalue weighted by molar-refractivity contribution is -0.117. The van der Waals surface area contributed by atoms with E-state index >= 15 is 0 Å². The molecule has 1 aromatic rings. The van der Waals surface area contributed by atoms with Gasteiger partial charge in [-0.2, -0.15) is 0 Å². The highest BCUT2D eigenvalue weighted by molar-refractivity contribution is 6.32. The quantitative estimate of drug-likeness (QED) is 0.803. The molecular weight excluding hydrogens is 289 g/mol. The molecule has 0 saturated carbocycles. The Bertz CT molecular complexity index is 493. The van der Waals surface area contributed by atoms with E-state index in [0.717, 1.165) is 0 Å². The first kappa shape index (κ1) is 14.3. The molecule has 1 heterocycles. The van der Waals surface area contributed by atoms with Crippen molar-refractivity contribution in [1.82, 2.24) is 0 Å². The maximum atomic E-state index is 12.0. The third kappa shape index (κ3) is 2.74. The molecule has 6 heteroatoms. The van der Waals surface area contributed by atoms with E-state index in [2.05, 4.69) is 0 Å². The molecule has 0 spiro atoms. The first-order chi connectivity index (χ1) is 9.10. The first-order valence-corrected chi connectivity index (χ1v) is 6.79. The van der Waals surface area contributed by atoms with Crippen LogP contribution in [-0.4, -0.2) is 32.6 Å². The monoisotopic (exact) mass is 303 g/mol. The van der Waals surface area contributed by atoms with Crippen LogP contribution in [0.2, 0.25) is 5.02 Å². The van der Waals surface area contributed by atoms with Gasteiger partial charge < -0.3 is 14.4 Å². The van der Waals surface area contributed by atoms with Crippen LogP contribution in [0, 0.1) is 5.92 Å². The molecular formula is C13H15Cl2NO3. The summed E-state index contributed by atoms with van der Waals surface area (Å²) in [6.45, 7) is 0.587. The lowest BCUT2D eigenvalue weighted by Crippen LogP contribution is -2.25. The van der Waals surface area contributed by atoms with E-state index in [1.54, 1.807) is 24.1 Å². The molecule has 0 N–H and O–H groups in total. The largest absolute Gasteiger partial charge is 0.495 e. The van der Waals surface area contributed by atoms with E-state index in [4.69, 9.17) is 32.7 Å². The van der Waals surface area contributed by atoms with Crippen LogP contribution in [0.15, 0.2) is 12.1 Å². The van der Waals surface area contributed by atoms with E-state index in [0.29, 0.717) is 41.1 Å². The number of carbonyl (C=O) groups is 1. The number of methoxy groups -OCH3 is 2. The van der Waals surface area contributed by atoms with E-state index in [1.165, 1.54) is 7.11 Å². The fourth-order valence-corrected chi connectivity index (χ4v) is 2.61. The third-order valence-corrected chi connectivity index (χ3v) is 3.90. The summed E-state index contributed by atoms with van der Waals surface area (Å²) in [5, 5.41) is 0.448. The van der Waals surface area contributed by atoms with Gasteiger partial charge in [0.25, 0.3) is 0 Å². The summed E-state index contributed by atoms with van der Waals surface area (Å²) in [6.07, 6.45) is 0.456. The molecule has 1 saturated heterocycles. The van der Waals surface area contributed by atoms with Gasteiger partial charge in [-0.05, 0) is 5.92 Å². The Labute approximate surface area is 122 Å². The van der Waals surface area contributed by atoms with E-state index < -0.39 is 0 Å². The van der Waals surface area contributed by atoms with Gasteiger partial charge in [0.2, 0.25) is 5.91 Å². The van der Waals surface area contributed by atoms with E-state index in [1.807, 2.05) is 0 Å². The summed E-state index contributed by atoms with van der Waals surface area (Å²) < 4.78 is 10.5.